The maximum absolute atomic E-state index is 11.8. The van der Waals surface area contributed by atoms with Gasteiger partial charge in [0.1, 0.15) is 0 Å². The zero-order chi connectivity index (χ0) is 16.0. The number of likely N-dealkylation sites (N-methyl/N-ethyl adjacent to an activating group) is 1. The molecule has 1 rings (SSSR count). The van der Waals surface area contributed by atoms with Crippen LogP contribution >= 0.6 is 0 Å². The number of methoxy groups -OCH3 is 1. The average molecular weight is 292 g/mol. The molecule has 0 heterocycles. The molecule has 116 valence electrons. The van der Waals surface area contributed by atoms with E-state index in [2.05, 4.69) is 10.1 Å². The van der Waals surface area contributed by atoms with Crippen LogP contribution in [0.5, 0.6) is 0 Å². The summed E-state index contributed by atoms with van der Waals surface area (Å²) in [6.07, 6.45) is 0. The summed E-state index contributed by atoms with van der Waals surface area (Å²) in [4.78, 5) is 25.1. The van der Waals surface area contributed by atoms with Crippen LogP contribution < -0.4 is 5.32 Å². The molecule has 0 aliphatic heterocycles. The molecule has 0 saturated heterocycles. The van der Waals surface area contributed by atoms with E-state index in [-0.39, 0.29) is 17.4 Å². The van der Waals surface area contributed by atoms with E-state index in [1.165, 1.54) is 7.11 Å². The summed E-state index contributed by atoms with van der Waals surface area (Å²) in [7, 11) is 3.24. The number of amides is 1. The first kappa shape index (κ1) is 17.2. The molecule has 0 radical (unpaired) electrons. The van der Waals surface area contributed by atoms with E-state index in [9.17, 15) is 9.59 Å². The van der Waals surface area contributed by atoms with Crippen LogP contribution in [0.3, 0.4) is 0 Å². The Morgan fingerprint density at radius 3 is 2.24 bits per heavy atom. The van der Waals surface area contributed by atoms with Crippen molar-refractivity contribution in [3.05, 3.63) is 35.4 Å². The van der Waals surface area contributed by atoms with E-state index < -0.39 is 0 Å². The van der Waals surface area contributed by atoms with Crippen molar-refractivity contribution >= 4 is 11.9 Å². The van der Waals surface area contributed by atoms with Gasteiger partial charge < -0.3 is 10.1 Å². The predicted octanol–water partition coefficient (Wildman–Crippen LogP) is 1.82. The highest BCUT2D eigenvalue weighted by Crippen LogP contribution is 2.08. The second-order valence-corrected chi connectivity index (χ2v) is 6.16. The lowest BCUT2D eigenvalue weighted by molar-refractivity contribution is -0.123. The van der Waals surface area contributed by atoms with Gasteiger partial charge in [0.2, 0.25) is 5.91 Å². The Morgan fingerprint density at radius 2 is 1.76 bits per heavy atom. The van der Waals surface area contributed by atoms with E-state index in [1.807, 2.05) is 44.9 Å². The second-order valence-electron chi connectivity index (χ2n) is 6.16. The fraction of sp³-hybridized carbons (Fsp3) is 0.500. The van der Waals surface area contributed by atoms with Gasteiger partial charge in [-0.15, -0.1) is 0 Å². The SMILES string of the molecule is COC(=O)c1ccc(CN(C)CC(=O)NC(C)(C)C)cc1. The quantitative estimate of drug-likeness (QED) is 0.841. The van der Waals surface area contributed by atoms with Gasteiger partial charge in [0.25, 0.3) is 0 Å². The lowest BCUT2D eigenvalue weighted by Gasteiger charge is -2.23. The van der Waals surface area contributed by atoms with E-state index in [0.29, 0.717) is 18.7 Å². The van der Waals surface area contributed by atoms with Gasteiger partial charge >= 0.3 is 5.97 Å². The summed E-state index contributed by atoms with van der Waals surface area (Å²) < 4.78 is 4.65. The largest absolute Gasteiger partial charge is 0.465 e. The van der Waals surface area contributed by atoms with Gasteiger partial charge in [0.05, 0.1) is 19.2 Å². The van der Waals surface area contributed by atoms with Crippen molar-refractivity contribution in [3.63, 3.8) is 0 Å². The Labute approximate surface area is 126 Å². The maximum Gasteiger partial charge on any atom is 0.337 e. The zero-order valence-electron chi connectivity index (χ0n) is 13.4. The number of hydrogen-bond acceptors (Lipinski definition) is 4. The van der Waals surface area contributed by atoms with E-state index in [4.69, 9.17) is 0 Å². The predicted molar refractivity (Wildman–Crippen MR) is 82.0 cm³/mol. The first-order valence-corrected chi connectivity index (χ1v) is 6.88. The molecule has 0 aromatic heterocycles. The van der Waals surface area contributed by atoms with Crippen molar-refractivity contribution < 1.29 is 14.3 Å². The molecule has 0 bridgehead atoms. The topological polar surface area (TPSA) is 58.6 Å². The van der Waals surface area contributed by atoms with E-state index in [0.717, 1.165) is 5.56 Å². The van der Waals surface area contributed by atoms with Gasteiger partial charge in [-0.1, -0.05) is 12.1 Å². The van der Waals surface area contributed by atoms with Gasteiger partial charge in [-0.25, -0.2) is 4.79 Å². The summed E-state index contributed by atoms with van der Waals surface area (Å²) in [5.74, 6) is -0.351. The second kappa shape index (κ2) is 7.22. The highest BCUT2D eigenvalue weighted by Gasteiger charge is 2.15. The molecule has 1 amide bonds. The maximum atomic E-state index is 11.8. The normalized spacial score (nSPS) is 11.3. The summed E-state index contributed by atoms with van der Waals surface area (Å²) in [6, 6.07) is 7.18. The Balaban J connectivity index is 2.53. The smallest absolute Gasteiger partial charge is 0.337 e. The molecule has 0 fully saturated rings. The Kier molecular flexibility index (Phi) is 5.90. The standard InChI is InChI=1S/C16H24N2O3/c1-16(2,3)17-14(19)11-18(4)10-12-6-8-13(9-7-12)15(20)21-5/h6-9H,10-11H2,1-5H3,(H,17,19). The number of carbonyl (C=O) groups excluding carboxylic acids is 2. The van der Waals surface area contributed by atoms with Crippen LogP contribution in [0, 0.1) is 0 Å². The third-order valence-electron chi connectivity index (χ3n) is 2.76. The highest BCUT2D eigenvalue weighted by molar-refractivity contribution is 5.89. The fourth-order valence-electron chi connectivity index (χ4n) is 1.93. The first-order chi connectivity index (χ1) is 9.71. The summed E-state index contributed by atoms with van der Waals surface area (Å²) in [5, 5.41) is 2.93. The Morgan fingerprint density at radius 1 is 1.19 bits per heavy atom. The lowest BCUT2D eigenvalue weighted by Crippen LogP contribution is -2.45. The average Bonchev–Trinajstić information content (AvgIpc) is 2.36. The number of ether oxygens (including phenoxy) is 1. The van der Waals surface area contributed by atoms with Crippen molar-refractivity contribution in [2.75, 3.05) is 20.7 Å². The van der Waals surface area contributed by atoms with Crippen LogP contribution in [0.15, 0.2) is 24.3 Å². The minimum atomic E-state index is -0.348. The molecule has 0 aliphatic rings. The van der Waals surface area contributed by atoms with Crippen LogP contribution in [0.25, 0.3) is 0 Å². The molecule has 0 spiro atoms. The van der Waals surface area contributed by atoms with Gasteiger partial charge in [0, 0.05) is 12.1 Å². The first-order valence-electron chi connectivity index (χ1n) is 6.88. The number of carbonyl (C=O) groups is 2. The van der Waals surface area contributed by atoms with E-state index >= 15 is 0 Å². The molecule has 5 heteroatoms. The van der Waals surface area contributed by atoms with Crippen molar-refractivity contribution in [3.8, 4) is 0 Å². The number of nitrogens with one attached hydrogen (secondary N) is 1. The Hall–Kier alpha value is -1.88. The van der Waals surface area contributed by atoms with Crippen molar-refractivity contribution in [1.29, 1.82) is 0 Å². The van der Waals surface area contributed by atoms with Gasteiger partial charge in [-0.2, -0.15) is 0 Å². The number of hydrogen-bond donors (Lipinski definition) is 1. The van der Waals surface area contributed by atoms with Crippen molar-refractivity contribution in [2.45, 2.75) is 32.9 Å². The molecule has 0 atom stereocenters. The monoisotopic (exact) mass is 292 g/mol. The van der Waals surface area contributed by atoms with E-state index in [1.54, 1.807) is 12.1 Å². The molecule has 5 nitrogen and oxygen atoms in total. The molecule has 0 aliphatic carbocycles. The van der Waals surface area contributed by atoms with Gasteiger partial charge in [-0.05, 0) is 45.5 Å². The lowest BCUT2D eigenvalue weighted by atomic mass is 10.1. The summed E-state index contributed by atoms with van der Waals surface area (Å²) in [5.41, 5.74) is 1.34. The van der Waals surface area contributed by atoms with Crippen LogP contribution in [-0.2, 0) is 16.1 Å². The van der Waals surface area contributed by atoms with Gasteiger partial charge in [0.15, 0.2) is 0 Å². The summed E-state index contributed by atoms with van der Waals surface area (Å²) >= 11 is 0. The van der Waals surface area contributed by atoms with Crippen LogP contribution in [0.4, 0.5) is 0 Å². The highest BCUT2D eigenvalue weighted by atomic mass is 16.5. The van der Waals surface area contributed by atoms with Crippen molar-refractivity contribution in [1.82, 2.24) is 10.2 Å². The summed E-state index contributed by atoms with van der Waals surface area (Å²) in [6.45, 7) is 6.83. The number of benzene rings is 1. The number of nitrogens with zero attached hydrogens (tertiary/aromatic N) is 1. The van der Waals surface area contributed by atoms with Crippen LogP contribution in [0.2, 0.25) is 0 Å². The Bertz CT molecular complexity index is 489. The third kappa shape index (κ3) is 6.40. The molecular formula is C16H24N2O3. The van der Waals surface area contributed by atoms with Gasteiger partial charge in [-0.3, -0.25) is 9.69 Å². The van der Waals surface area contributed by atoms with Crippen LogP contribution in [-0.4, -0.2) is 43.0 Å². The molecular weight excluding hydrogens is 268 g/mol. The fourth-order valence-corrected chi connectivity index (χ4v) is 1.93. The minimum Gasteiger partial charge on any atom is -0.465 e. The third-order valence-corrected chi connectivity index (χ3v) is 2.76. The van der Waals surface area contributed by atoms with Crippen molar-refractivity contribution in [2.24, 2.45) is 0 Å². The molecule has 1 aromatic carbocycles. The minimum absolute atomic E-state index is 0.00354. The number of rotatable bonds is 5. The molecule has 1 N–H and O–H groups in total. The van der Waals surface area contributed by atoms with Crippen LogP contribution in [0.1, 0.15) is 36.7 Å². The molecule has 0 saturated carbocycles. The number of esters is 1. The molecule has 21 heavy (non-hydrogen) atoms. The molecule has 0 unspecified atom stereocenters. The zero-order valence-corrected chi connectivity index (χ0v) is 13.4. The molecule has 1 aromatic rings.